The Bertz CT molecular complexity index is 402. The molecule has 0 fully saturated rings. The van der Waals surface area contributed by atoms with Crippen LogP contribution in [-0.4, -0.2) is 27.6 Å². The normalized spacial score (nSPS) is 11.6. The van der Waals surface area contributed by atoms with E-state index in [1.807, 2.05) is 0 Å². The molecule has 2 N–H and O–H groups in total. The first-order valence-corrected chi connectivity index (χ1v) is 5.62. The molecule has 0 amide bonds. The summed E-state index contributed by atoms with van der Waals surface area (Å²) in [5, 5.41) is 12.1. The highest BCUT2D eigenvalue weighted by Gasteiger charge is 2.23. The van der Waals surface area contributed by atoms with Crippen molar-refractivity contribution in [2.45, 2.75) is 27.7 Å². The van der Waals surface area contributed by atoms with Gasteiger partial charge in [0, 0.05) is 12.7 Å². The molecule has 0 spiro atoms. The highest BCUT2D eigenvalue weighted by atomic mass is 16.4. The van der Waals surface area contributed by atoms with Crippen molar-refractivity contribution in [2.75, 3.05) is 11.9 Å². The summed E-state index contributed by atoms with van der Waals surface area (Å²) in [6, 6.07) is 0. The minimum absolute atomic E-state index is 0.0702. The van der Waals surface area contributed by atoms with Gasteiger partial charge in [0.1, 0.15) is 17.7 Å². The van der Waals surface area contributed by atoms with Gasteiger partial charge in [-0.2, -0.15) is 0 Å². The number of nitrogens with one attached hydrogen (secondary N) is 1. The Kier molecular flexibility index (Phi) is 4.04. The summed E-state index contributed by atoms with van der Waals surface area (Å²) in [5.74, 6) is -0.151. The number of hydrogen-bond acceptors (Lipinski definition) is 4. The minimum Gasteiger partial charge on any atom is -0.477 e. The van der Waals surface area contributed by atoms with Crippen molar-refractivity contribution < 1.29 is 9.90 Å². The van der Waals surface area contributed by atoms with Crippen LogP contribution in [-0.2, 0) is 0 Å². The van der Waals surface area contributed by atoms with E-state index in [1.165, 1.54) is 12.5 Å². The van der Waals surface area contributed by atoms with E-state index < -0.39 is 5.97 Å². The molecule has 17 heavy (non-hydrogen) atoms. The van der Waals surface area contributed by atoms with Gasteiger partial charge >= 0.3 is 5.97 Å². The lowest BCUT2D eigenvalue weighted by Gasteiger charge is -2.29. The summed E-state index contributed by atoms with van der Waals surface area (Å²) in [6.07, 6.45) is 2.65. The smallest absolute Gasteiger partial charge is 0.341 e. The van der Waals surface area contributed by atoms with Crippen LogP contribution >= 0.6 is 0 Å². The maximum Gasteiger partial charge on any atom is 0.341 e. The first-order valence-electron chi connectivity index (χ1n) is 5.62. The second kappa shape index (κ2) is 5.12. The van der Waals surface area contributed by atoms with E-state index >= 15 is 0 Å². The van der Waals surface area contributed by atoms with E-state index in [2.05, 4.69) is 43.0 Å². The van der Waals surface area contributed by atoms with E-state index in [9.17, 15) is 4.79 Å². The number of rotatable bonds is 5. The average molecular weight is 237 g/mol. The summed E-state index contributed by atoms with van der Waals surface area (Å²) in [4.78, 5) is 18.6. The molecule has 0 aliphatic carbocycles. The zero-order chi connectivity index (χ0) is 13.1. The second-order valence-electron chi connectivity index (χ2n) is 5.09. The van der Waals surface area contributed by atoms with Gasteiger partial charge in [0.05, 0.1) is 0 Å². The number of hydrogen-bond donors (Lipinski definition) is 2. The second-order valence-corrected chi connectivity index (χ2v) is 5.09. The molecule has 1 heterocycles. The molecular formula is C12H19N3O2. The van der Waals surface area contributed by atoms with Crippen LogP contribution in [0, 0.1) is 11.3 Å². The van der Waals surface area contributed by atoms with Crippen LogP contribution in [0.15, 0.2) is 12.5 Å². The number of carboxylic acid groups (broad SMARTS) is 1. The van der Waals surface area contributed by atoms with Crippen LogP contribution in [0.2, 0.25) is 0 Å². The molecule has 0 aromatic carbocycles. The number of aromatic carboxylic acids is 1. The molecule has 5 nitrogen and oxygen atoms in total. The van der Waals surface area contributed by atoms with E-state index in [1.54, 1.807) is 0 Å². The van der Waals surface area contributed by atoms with Gasteiger partial charge in [-0.05, 0) is 11.3 Å². The fourth-order valence-electron chi connectivity index (χ4n) is 1.14. The van der Waals surface area contributed by atoms with Gasteiger partial charge in [-0.25, -0.2) is 14.8 Å². The Labute approximate surface area is 101 Å². The third-order valence-electron chi connectivity index (χ3n) is 3.22. The lowest BCUT2D eigenvalue weighted by Crippen LogP contribution is -2.29. The monoisotopic (exact) mass is 237 g/mol. The topological polar surface area (TPSA) is 75.1 Å². The average Bonchev–Trinajstić information content (AvgIpc) is 2.26. The SMILES string of the molecule is CC(C)C(C)(C)CNc1ncncc1C(=O)O. The van der Waals surface area contributed by atoms with Gasteiger partial charge in [0.25, 0.3) is 0 Å². The molecule has 0 atom stereocenters. The summed E-state index contributed by atoms with van der Waals surface area (Å²) < 4.78 is 0. The van der Waals surface area contributed by atoms with Crippen LogP contribution in [0.25, 0.3) is 0 Å². The molecule has 1 rings (SSSR count). The zero-order valence-electron chi connectivity index (χ0n) is 10.7. The molecule has 0 aliphatic rings. The number of nitrogens with zero attached hydrogens (tertiary/aromatic N) is 2. The Morgan fingerprint density at radius 3 is 2.71 bits per heavy atom. The number of anilines is 1. The molecule has 1 aromatic heterocycles. The molecule has 0 radical (unpaired) electrons. The van der Waals surface area contributed by atoms with E-state index in [0.29, 0.717) is 18.3 Å². The molecule has 1 aromatic rings. The van der Waals surface area contributed by atoms with Crippen molar-refractivity contribution in [1.29, 1.82) is 0 Å². The van der Waals surface area contributed by atoms with Crippen LogP contribution in [0.1, 0.15) is 38.1 Å². The van der Waals surface area contributed by atoms with Crippen LogP contribution in [0.5, 0.6) is 0 Å². The minimum atomic E-state index is -1.02. The molecule has 0 saturated heterocycles. The van der Waals surface area contributed by atoms with Gasteiger partial charge in [-0.3, -0.25) is 0 Å². The maximum absolute atomic E-state index is 11.0. The van der Waals surface area contributed by atoms with Crippen LogP contribution in [0.3, 0.4) is 0 Å². The van der Waals surface area contributed by atoms with E-state index in [-0.39, 0.29) is 11.0 Å². The third kappa shape index (κ3) is 3.41. The molecule has 0 bridgehead atoms. The van der Waals surface area contributed by atoms with Crippen molar-refractivity contribution in [3.63, 3.8) is 0 Å². The van der Waals surface area contributed by atoms with Gasteiger partial charge in [-0.15, -0.1) is 0 Å². The Morgan fingerprint density at radius 2 is 2.18 bits per heavy atom. The van der Waals surface area contributed by atoms with Gasteiger partial charge in [-0.1, -0.05) is 27.7 Å². The summed E-state index contributed by atoms with van der Waals surface area (Å²) in [5.41, 5.74) is 0.174. The van der Waals surface area contributed by atoms with Crippen LogP contribution in [0.4, 0.5) is 5.82 Å². The predicted octanol–water partition coefficient (Wildman–Crippen LogP) is 2.27. The Hall–Kier alpha value is -1.65. The molecule has 5 heteroatoms. The van der Waals surface area contributed by atoms with Crippen molar-refractivity contribution in [1.82, 2.24) is 9.97 Å². The summed E-state index contributed by atoms with van der Waals surface area (Å²) in [6.45, 7) is 9.21. The van der Waals surface area contributed by atoms with Gasteiger partial charge in [0.15, 0.2) is 0 Å². The van der Waals surface area contributed by atoms with E-state index in [0.717, 1.165) is 0 Å². The Balaban J connectivity index is 2.79. The van der Waals surface area contributed by atoms with Gasteiger partial charge in [0.2, 0.25) is 0 Å². The maximum atomic E-state index is 11.0. The van der Waals surface area contributed by atoms with Crippen molar-refractivity contribution in [3.8, 4) is 0 Å². The van der Waals surface area contributed by atoms with Crippen molar-refractivity contribution >= 4 is 11.8 Å². The van der Waals surface area contributed by atoms with Crippen molar-refractivity contribution in [2.24, 2.45) is 11.3 Å². The number of aromatic nitrogens is 2. The van der Waals surface area contributed by atoms with E-state index in [4.69, 9.17) is 5.11 Å². The fourth-order valence-corrected chi connectivity index (χ4v) is 1.14. The molecular weight excluding hydrogens is 218 g/mol. The zero-order valence-corrected chi connectivity index (χ0v) is 10.7. The van der Waals surface area contributed by atoms with Gasteiger partial charge < -0.3 is 10.4 Å². The first-order chi connectivity index (χ1) is 7.84. The molecule has 0 unspecified atom stereocenters. The molecule has 94 valence electrons. The fraction of sp³-hybridized carbons (Fsp3) is 0.583. The molecule has 0 aliphatic heterocycles. The Morgan fingerprint density at radius 1 is 1.53 bits per heavy atom. The van der Waals surface area contributed by atoms with Crippen LogP contribution < -0.4 is 5.32 Å². The largest absolute Gasteiger partial charge is 0.477 e. The predicted molar refractivity (Wildman–Crippen MR) is 66.1 cm³/mol. The summed E-state index contributed by atoms with van der Waals surface area (Å²) in [7, 11) is 0. The van der Waals surface area contributed by atoms with Crippen molar-refractivity contribution in [3.05, 3.63) is 18.1 Å². The summed E-state index contributed by atoms with van der Waals surface area (Å²) >= 11 is 0. The molecule has 0 saturated carbocycles. The quantitative estimate of drug-likeness (QED) is 0.821. The first kappa shape index (κ1) is 13.4. The highest BCUT2D eigenvalue weighted by molar-refractivity contribution is 5.92. The standard InChI is InChI=1S/C12H19N3O2/c1-8(2)12(3,4)6-14-10-9(11(16)17)5-13-7-15-10/h5,7-8H,6H2,1-4H3,(H,16,17)(H,13,14,15). The third-order valence-corrected chi connectivity index (χ3v) is 3.22. The lowest BCUT2D eigenvalue weighted by atomic mass is 9.81. The lowest BCUT2D eigenvalue weighted by molar-refractivity contribution is 0.0697. The number of carboxylic acids is 1. The number of carbonyl (C=O) groups is 1. The highest BCUT2D eigenvalue weighted by Crippen LogP contribution is 2.26.